The fourth-order valence-electron chi connectivity index (χ4n) is 3.28. The normalized spacial score (nSPS) is 13.3. The van der Waals surface area contributed by atoms with Crippen molar-refractivity contribution in [3.05, 3.63) is 64.0 Å². The molecule has 1 heterocycles. The van der Waals surface area contributed by atoms with Gasteiger partial charge in [-0.15, -0.1) is 10.2 Å². The largest absolute Gasteiger partial charge is 0.494 e. The van der Waals surface area contributed by atoms with Gasteiger partial charge >= 0.3 is 0 Å². The van der Waals surface area contributed by atoms with Crippen LogP contribution in [0.2, 0.25) is 10.0 Å². The lowest BCUT2D eigenvalue weighted by Gasteiger charge is -2.20. The lowest BCUT2D eigenvalue weighted by atomic mass is 10.2. The van der Waals surface area contributed by atoms with Gasteiger partial charge in [0.15, 0.2) is 0 Å². The highest BCUT2D eigenvalue weighted by Crippen LogP contribution is 2.31. The van der Waals surface area contributed by atoms with Crippen LogP contribution in [0.25, 0.3) is 11.5 Å². The quantitative estimate of drug-likeness (QED) is 0.383. The second kappa shape index (κ2) is 9.71. The molecule has 0 bridgehead atoms. The first kappa shape index (κ1) is 21.7. The summed E-state index contributed by atoms with van der Waals surface area (Å²) in [6, 6.07) is 13.1. The molecule has 0 atom stereocenters. The molecule has 0 N–H and O–H groups in total. The Hall–Kier alpha value is -2.57. The average molecular weight is 460 g/mol. The first-order valence-electron chi connectivity index (χ1n) is 10.3. The number of hydrogen-bond donors (Lipinski definition) is 0. The zero-order chi connectivity index (χ0) is 21.8. The van der Waals surface area contributed by atoms with Crippen LogP contribution in [0.4, 0.5) is 0 Å². The molecule has 2 aromatic carbocycles. The number of amides is 1. The Balaban J connectivity index is 1.31. The summed E-state index contributed by atoms with van der Waals surface area (Å²) in [6.45, 7) is 2.70. The van der Waals surface area contributed by atoms with E-state index in [4.69, 9.17) is 32.4 Å². The Morgan fingerprint density at radius 3 is 2.71 bits per heavy atom. The minimum absolute atomic E-state index is 0.0656. The van der Waals surface area contributed by atoms with Crippen molar-refractivity contribution in [1.29, 1.82) is 0 Å². The Labute approximate surface area is 191 Å². The van der Waals surface area contributed by atoms with E-state index in [1.807, 2.05) is 48.2 Å². The van der Waals surface area contributed by atoms with Crippen molar-refractivity contribution >= 4 is 29.1 Å². The SMILES string of the molecule is Cc1cc(OCCCC(=O)N(Cc2nnc(-c3ccccc3Cl)o2)C2CC2)ccc1Cl. The third-order valence-corrected chi connectivity index (χ3v) is 5.87. The molecule has 162 valence electrons. The van der Waals surface area contributed by atoms with Crippen LogP contribution < -0.4 is 4.74 Å². The fourth-order valence-corrected chi connectivity index (χ4v) is 3.61. The third-order valence-electron chi connectivity index (χ3n) is 5.12. The van der Waals surface area contributed by atoms with Crippen molar-refractivity contribution in [3.63, 3.8) is 0 Å². The van der Waals surface area contributed by atoms with E-state index >= 15 is 0 Å². The molecule has 0 spiro atoms. The molecule has 3 aromatic rings. The maximum Gasteiger partial charge on any atom is 0.249 e. The second-order valence-corrected chi connectivity index (χ2v) is 8.41. The second-order valence-electron chi connectivity index (χ2n) is 7.60. The van der Waals surface area contributed by atoms with Crippen LogP contribution in [0.5, 0.6) is 5.75 Å². The van der Waals surface area contributed by atoms with Gasteiger partial charge in [-0.25, -0.2) is 0 Å². The standard InChI is InChI=1S/C23H23Cl2N3O3/c1-15-13-17(10-11-19(15)24)30-12-4-7-22(29)28(16-8-9-16)14-21-26-27-23(31-21)18-5-2-3-6-20(18)25/h2-3,5-6,10-11,13,16H,4,7-9,12,14H2,1H3. The van der Waals surface area contributed by atoms with E-state index in [1.54, 1.807) is 6.07 Å². The molecule has 1 fully saturated rings. The van der Waals surface area contributed by atoms with E-state index in [0.29, 0.717) is 53.4 Å². The van der Waals surface area contributed by atoms with Crippen molar-refractivity contribution in [3.8, 4) is 17.2 Å². The van der Waals surface area contributed by atoms with Gasteiger partial charge in [-0.1, -0.05) is 35.3 Å². The Kier molecular flexibility index (Phi) is 6.78. The molecule has 0 unspecified atom stereocenters. The number of carbonyl (C=O) groups is 1. The molecule has 0 radical (unpaired) electrons. The summed E-state index contributed by atoms with van der Waals surface area (Å²) in [5.74, 6) is 1.58. The zero-order valence-corrected chi connectivity index (χ0v) is 18.7. The summed E-state index contributed by atoms with van der Waals surface area (Å²) in [7, 11) is 0. The minimum atomic E-state index is 0.0656. The van der Waals surface area contributed by atoms with Gasteiger partial charge in [0.2, 0.25) is 17.7 Å². The summed E-state index contributed by atoms with van der Waals surface area (Å²) in [4.78, 5) is 14.6. The van der Waals surface area contributed by atoms with Gasteiger partial charge < -0.3 is 14.1 Å². The highest BCUT2D eigenvalue weighted by molar-refractivity contribution is 6.33. The zero-order valence-electron chi connectivity index (χ0n) is 17.2. The number of benzene rings is 2. The number of carbonyl (C=O) groups excluding carboxylic acids is 1. The van der Waals surface area contributed by atoms with Crippen molar-refractivity contribution in [2.24, 2.45) is 0 Å². The molecule has 0 saturated heterocycles. The van der Waals surface area contributed by atoms with E-state index < -0.39 is 0 Å². The van der Waals surface area contributed by atoms with Crippen molar-refractivity contribution in [2.75, 3.05) is 6.61 Å². The molecule has 1 amide bonds. The van der Waals surface area contributed by atoms with Gasteiger partial charge in [0.05, 0.1) is 23.7 Å². The number of hydrogen-bond acceptors (Lipinski definition) is 5. The van der Waals surface area contributed by atoms with Gasteiger partial charge in [-0.05, 0) is 62.1 Å². The van der Waals surface area contributed by atoms with E-state index in [1.165, 1.54) is 0 Å². The van der Waals surface area contributed by atoms with E-state index in [-0.39, 0.29) is 11.9 Å². The highest BCUT2D eigenvalue weighted by Gasteiger charge is 2.33. The van der Waals surface area contributed by atoms with Gasteiger partial charge in [0.25, 0.3) is 0 Å². The topological polar surface area (TPSA) is 68.5 Å². The molecule has 0 aliphatic heterocycles. The van der Waals surface area contributed by atoms with Gasteiger partial charge in [0.1, 0.15) is 5.75 Å². The number of ether oxygens (including phenoxy) is 1. The molecule has 31 heavy (non-hydrogen) atoms. The maximum absolute atomic E-state index is 12.8. The Bertz CT molecular complexity index is 1070. The molecule has 1 aliphatic carbocycles. The first-order valence-corrected chi connectivity index (χ1v) is 11.0. The van der Waals surface area contributed by atoms with Crippen LogP contribution in [-0.4, -0.2) is 33.7 Å². The molecule has 6 nitrogen and oxygen atoms in total. The highest BCUT2D eigenvalue weighted by atomic mass is 35.5. The average Bonchev–Trinajstić information content (AvgIpc) is 3.50. The Morgan fingerprint density at radius 1 is 1.16 bits per heavy atom. The van der Waals surface area contributed by atoms with Crippen LogP contribution in [-0.2, 0) is 11.3 Å². The lowest BCUT2D eigenvalue weighted by molar-refractivity contribution is -0.133. The van der Waals surface area contributed by atoms with Gasteiger partial charge in [-0.3, -0.25) is 4.79 Å². The van der Waals surface area contributed by atoms with Crippen molar-refractivity contribution < 1.29 is 13.9 Å². The molecule has 8 heteroatoms. The summed E-state index contributed by atoms with van der Waals surface area (Å²) in [6.07, 6.45) is 3.02. The summed E-state index contributed by atoms with van der Waals surface area (Å²) in [5.41, 5.74) is 1.65. The lowest BCUT2D eigenvalue weighted by Crippen LogP contribution is -2.32. The Morgan fingerprint density at radius 2 is 1.97 bits per heavy atom. The number of aromatic nitrogens is 2. The van der Waals surface area contributed by atoms with E-state index in [2.05, 4.69) is 10.2 Å². The van der Waals surface area contributed by atoms with E-state index in [9.17, 15) is 4.79 Å². The summed E-state index contributed by atoms with van der Waals surface area (Å²) < 4.78 is 11.5. The molecular formula is C23H23Cl2N3O3. The first-order chi connectivity index (χ1) is 15.0. The van der Waals surface area contributed by atoms with Crippen LogP contribution in [0.3, 0.4) is 0 Å². The van der Waals surface area contributed by atoms with Crippen LogP contribution in [0, 0.1) is 6.92 Å². The summed E-state index contributed by atoms with van der Waals surface area (Å²) in [5, 5.41) is 9.46. The molecular weight excluding hydrogens is 437 g/mol. The summed E-state index contributed by atoms with van der Waals surface area (Å²) >= 11 is 12.2. The van der Waals surface area contributed by atoms with Gasteiger partial charge in [0, 0.05) is 17.5 Å². The predicted molar refractivity (Wildman–Crippen MR) is 119 cm³/mol. The van der Waals surface area contributed by atoms with E-state index in [0.717, 1.165) is 24.2 Å². The monoisotopic (exact) mass is 459 g/mol. The van der Waals surface area contributed by atoms with Gasteiger partial charge in [-0.2, -0.15) is 0 Å². The van der Waals surface area contributed by atoms with Crippen LogP contribution in [0.1, 0.15) is 37.1 Å². The minimum Gasteiger partial charge on any atom is -0.494 e. The fraction of sp³-hybridized carbons (Fsp3) is 0.348. The third kappa shape index (κ3) is 5.57. The number of halogens is 2. The van der Waals surface area contributed by atoms with Crippen molar-refractivity contribution in [2.45, 2.75) is 45.2 Å². The molecule has 1 aliphatic rings. The molecule has 1 saturated carbocycles. The number of rotatable bonds is 9. The molecule has 1 aromatic heterocycles. The molecule has 4 rings (SSSR count). The van der Waals surface area contributed by atoms with Crippen LogP contribution in [0.15, 0.2) is 46.9 Å². The number of nitrogens with zero attached hydrogens (tertiary/aromatic N) is 3. The number of aryl methyl sites for hydroxylation is 1. The maximum atomic E-state index is 12.8. The van der Waals surface area contributed by atoms with Crippen molar-refractivity contribution in [1.82, 2.24) is 15.1 Å². The predicted octanol–water partition coefficient (Wildman–Crippen LogP) is 5.70. The smallest absolute Gasteiger partial charge is 0.249 e. The van der Waals surface area contributed by atoms with Crippen LogP contribution >= 0.6 is 23.2 Å².